The lowest BCUT2D eigenvalue weighted by Crippen LogP contribution is -2.10. The van der Waals surface area contributed by atoms with E-state index < -0.39 is 0 Å². The minimum atomic E-state index is -0.0736. The lowest BCUT2D eigenvalue weighted by atomic mass is 10.0. The van der Waals surface area contributed by atoms with Crippen molar-refractivity contribution in [2.24, 2.45) is 5.73 Å². The Morgan fingerprint density at radius 3 is 2.74 bits per heavy atom. The van der Waals surface area contributed by atoms with Crippen molar-refractivity contribution in [3.8, 4) is 22.5 Å². The van der Waals surface area contributed by atoms with E-state index >= 15 is 0 Å². The van der Waals surface area contributed by atoms with E-state index in [1.54, 1.807) is 31.5 Å². The maximum atomic E-state index is 11.6. The van der Waals surface area contributed by atoms with E-state index in [1.165, 1.54) is 6.20 Å². The molecular formula is C26H23N7O. The standard InChI is InChI=1S/C26H23N7O/c1-3-24(34)31-23-8-7-16(13-28-23)17-11-20-25(32-33-26(20)29-14-17)22-12-19-18(15(2)9-10-27)5-4-6-21(19)30-22/h4-14,30H,2-3,27H2,1H3,(H,28,31,34)(H,29,32,33)/b10-9-. The first-order valence-electron chi connectivity index (χ1n) is 10.9. The molecule has 0 saturated carbocycles. The summed E-state index contributed by atoms with van der Waals surface area (Å²) in [7, 11) is 0. The van der Waals surface area contributed by atoms with Crippen LogP contribution in [-0.2, 0) is 4.79 Å². The lowest BCUT2D eigenvalue weighted by Gasteiger charge is -2.05. The molecule has 4 heterocycles. The summed E-state index contributed by atoms with van der Waals surface area (Å²) in [5.74, 6) is 0.448. The van der Waals surface area contributed by atoms with Crippen molar-refractivity contribution in [2.45, 2.75) is 13.3 Å². The van der Waals surface area contributed by atoms with Crippen molar-refractivity contribution in [3.63, 3.8) is 0 Å². The van der Waals surface area contributed by atoms with Crippen LogP contribution in [0.4, 0.5) is 5.82 Å². The number of nitrogens with zero attached hydrogens (tertiary/aromatic N) is 3. The summed E-state index contributed by atoms with van der Waals surface area (Å²) in [5.41, 5.74) is 12.5. The van der Waals surface area contributed by atoms with Gasteiger partial charge >= 0.3 is 0 Å². The minimum Gasteiger partial charge on any atom is -0.405 e. The number of nitrogens with two attached hydrogens (primary N) is 1. The van der Waals surface area contributed by atoms with E-state index in [1.807, 2.05) is 30.3 Å². The number of anilines is 1. The van der Waals surface area contributed by atoms with Crippen molar-refractivity contribution in [1.82, 2.24) is 25.1 Å². The van der Waals surface area contributed by atoms with Crippen molar-refractivity contribution in [1.29, 1.82) is 0 Å². The van der Waals surface area contributed by atoms with Crippen LogP contribution in [0.15, 0.2) is 73.7 Å². The SMILES string of the molecule is C=C(/C=C\N)c1cccc2[nH]c(-c3[nH]nc4ncc(-c5ccc(NC(=O)CC)nc5)cc34)cc12. The van der Waals surface area contributed by atoms with Gasteiger partial charge in [0.2, 0.25) is 5.91 Å². The highest BCUT2D eigenvalue weighted by molar-refractivity contribution is 6.00. The monoisotopic (exact) mass is 449 g/mol. The molecule has 1 amide bonds. The summed E-state index contributed by atoms with van der Waals surface area (Å²) in [6.07, 6.45) is 7.17. The number of hydrogen-bond acceptors (Lipinski definition) is 5. The molecule has 0 saturated heterocycles. The van der Waals surface area contributed by atoms with Crippen molar-refractivity contribution < 1.29 is 4.79 Å². The van der Waals surface area contributed by atoms with E-state index in [9.17, 15) is 4.79 Å². The van der Waals surface area contributed by atoms with Crippen molar-refractivity contribution in [3.05, 3.63) is 79.3 Å². The van der Waals surface area contributed by atoms with Gasteiger partial charge in [-0.3, -0.25) is 9.89 Å². The van der Waals surface area contributed by atoms with E-state index in [4.69, 9.17) is 5.73 Å². The van der Waals surface area contributed by atoms with Gasteiger partial charge in [-0.25, -0.2) is 9.97 Å². The minimum absolute atomic E-state index is 0.0736. The number of aromatic amines is 2. The van der Waals surface area contributed by atoms with Gasteiger partial charge in [-0.15, -0.1) is 0 Å². The second kappa shape index (κ2) is 8.67. The van der Waals surface area contributed by atoms with Gasteiger partial charge in [-0.1, -0.05) is 25.6 Å². The molecule has 8 nitrogen and oxygen atoms in total. The Hall–Kier alpha value is -4.72. The third-order valence-corrected chi connectivity index (χ3v) is 5.67. The molecule has 168 valence electrons. The number of benzene rings is 1. The Kier molecular flexibility index (Phi) is 5.39. The summed E-state index contributed by atoms with van der Waals surface area (Å²) in [4.78, 5) is 23.9. The Balaban J connectivity index is 1.54. The number of carbonyl (C=O) groups excluding carboxylic acids is 1. The predicted octanol–water partition coefficient (Wildman–Crippen LogP) is 5.00. The Morgan fingerprint density at radius 1 is 1.12 bits per heavy atom. The van der Waals surface area contributed by atoms with Gasteiger partial charge in [0.25, 0.3) is 0 Å². The summed E-state index contributed by atoms with van der Waals surface area (Å²) in [6, 6.07) is 13.8. The van der Waals surface area contributed by atoms with Crippen LogP contribution in [0.5, 0.6) is 0 Å². The van der Waals surface area contributed by atoms with Gasteiger partial charge < -0.3 is 16.0 Å². The molecule has 0 aliphatic rings. The number of carbonyl (C=O) groups is 1. The number of rotatable bonds is 6. The first-order valence-corrected chi connectivity index (χ1v) is 10.9. The molecule has 0 fully saturated rings. The number of hydrogen-bond donors (Lipinski definition) is 4. The lowest BCUT2D eigenvalue weighted by molar-refractivity contribution is -0.115. The highest BCUT2D eigenvalue weighted by atomic mass is 16.1. The fourth-order valence-corrected chi connectivity index (χ4v) is 3.91. The van der Waals surface area contributed by atoms with Crippen LogP contribution in [0.2, 0.25) is 0 Å². The maximum absolute atomic E-state index is 11.6. The van der Waals surface area contributed by atoms with Crippen LogP contribution in [0.1, 0.15) is 18.9 Å². The number of nitrogens with one attached hydrogen (secondary N) is 3. The fourth-order valence-electron chi connectivity index (χ4n) is 3.91. The van der Waals surface area contributed by atoms with Crippen LogP contribution >= 0.6 is 0 Å². The molecule has 0 aliphatic carbocycles. The van der Waals surface area contributed by atoms with Gasteiger partial charge in [0.1, 0.15) is 5.82 Å². The van der Waals surface area contributed by atoms with Gasteiger partial charge in [-0.2, -0.15) is 5.10 Å². The van der Waals surface area contributed by atoms with Crippen LogP contribution in [0.3, 0.4) is 0 Å². The molecule has 0 atom stereocenters. The number of pyridine rings is 2. The molecule has 0 spiro atoms. The molecule has 4 aromatic heterocycles. The second-order valence-electron chi connectivity index (χ2n) is 7.86. The highest BCUT2D eigenvalue weighted by Crippen LogP contribution is 2.33. The van der Waals surface area contributed by atoms with E-state index in [2.05, 4.69) is 43.1 Å². The van der Waals surface area contributed by atoms with Gasteiger partial charge in [0.15, 0.2) is 5.65 Å². The molecule has 5 rings (SSSR count). The number of allylic oxidation sites excluding steroid dienone is 2. The summed E-state index contributed by atoms with van der Waals surface area (Å²) in [5, 5.41) is 12.2. The second-order valence-corrected chi connectivity index (χ2v) is 7.86. The normalized spacial score (nSPS) is 11.4. The maximum Gasteiger partial charge on any atom is 0.225 e. The zero-order valence-corrected chi connectivity index (χ0v) is 18.6. The molecule has 0 aliphatic heterocycles. The largest absolute Gasteiger partial charge is 0.405 e. The quantitative estimate of drug-likeness (QED) is 0.271. The number of H-pyrrole nitrogens is 2. The number of amides is 1. The molecule has 5 aromatic rings. The van der Waals surface area contributed by atoms with Crippen molar-refractivity contribution in [2.75, 3.05) is 5.32 Å². The first-order chi connectivity index (χ1) is 16.6. The third-order valence-electron chi connectivity index (χ3n) is 5.67. The zero-order valence-electron chi connectivity index (χ0n) is 18.6. The van der Waals surface area contributed by atoms with E-state index in [0.717, 1.165) is 49.9 Å². The Bertz CT molecular complexity index is 1560. The summed E-state index contributed by atoms with van der Waals surface area (Å²) >= 11 is 0. The third kappa shape index (κ3) is 3.81. The Labute approximate surface area is 195 Å². The smallest absolute Gasteiger partial charge is 0.225 e. The average Bonchev–Trinajstić information content (AvgIpc) is 3.48. The average molecular weight is 450 g/mol. The van der Waals surface area contributed by atoms with Crippen LogP contribution < -0.4 is 11.1 Å². The Morgan fingerprint density at radius 2 is 1.97 bits per heavy atom. The van der Waals surface area contributed by atoms with Crippen LogP contribution in [-0.4, -0.2) is 31.1 Å². The van der Waals surface area contributed by atoms with Gasteiger partial charge in [0, 0.05) is 46.2 Å². The highest BCUT2D eigenvalue weighted by Gasteiger charge is 2.14. The van der Waals surface area contributed by atoms with Crippen molar-refractivity contribution >= 4 is 39.2 Å². The molecule has 0 unspecified atom stereocenters. The molecule has 1 aromatic carbocycles. The molecule has 0 radical (unpaired) electrons. The predicted molar refractivity (Wildman–Crippen MR) is 136 cm³/mol. The number of aromatic nitrogens is 5. The fraction of sp³-hybridized carbons (Fsp3) is 0.0769. The number of fused-ring (bicyclic) bond motifs is 2. The molecule has 0 bridgehead atoms. The molecule has 8 heteroatoms. The molecule has 34 heavy (non-hydrogen) atoms. The van der Waals surface area contributed by atoms with Gasteiger partial charge in [-0.05, 0) is 53.7 Å². The van der Waals surface area contributed by atoms with Crippen LogP contribution in [0.25, 0.3) is 50.0 Å². The van der Waals surface area contributed by atoms with E-state index in [0.29, 0.717) is 17.9 Å². The molecular weight excluding hydrogens is 426 g/mol. The topological polar surface area (TPSA) is 125 Å². The van der Waals surface area contributed by atoms with Crippen LogP contribution in [0, 0.1) is 0 Å². The summed E-state index contributed by atoms with van der Waals surface area (Å²) in [6.45, 7) is 5.92. The zero-order chi connectivity index (χ0) is 23.7. The van der Waals surface area contributed by atoms with E-state index in [-0.39, 0.29) is 5.91 Å². The molecule has 5 N–H and O–H groups in total. The van der Waals surface area contributed by atoms with Gasteiger partial charge in [0.05, 0.1) is 11.4 Å². The summed E-state index contributed by atoms with van der Waals surface area (Å²) < 4.78 is 0. The first kappa shape index (κ1) is 21.1.